The first-order chi connectivity index (χ1) is 9.74. The van der Waals surface area contributed by atoms with Gasteiger partial charge in [0.15, 0.2) is 5.65 Å². The number of nitrogens with zero attached hydrogens (tertiary/aromatic N) is 4. The molecule has 0 aliphatic heterocycles. The van der Waals surface area contributed by atoms with Gasteiger partial charge in [-0.3, -0.25) is 4.98 Å². The van der Waals surface area contributed by atoms with E-state index in [4.69, 9.17) is 5.11 Å². The second kappa shape index (κ2) is 5.22. The van der Waals surface area contributed by atoms with Crippen LogP contribution in [0.5, 0.6) is 0 Å². The van der Waals surface area contributed by atoms with E-state index in [1.54, 1.807) is 36.8 Å². The first-order valence-corrected chi connectivity index (χ1v) is 6.49. The quantitative estimate of drug-likeness (QED) is 0.789. The van der Waals surface area contributed by atoms with E-state index >= 15 is 0 Å². The first-order valence-electron chi connectivity index (χ1n) is 5.68. The van der Waals surface area contributed by atoms with Gasteiger partial charge in [-0.25, -0.2) is 19.7 Å². The van der Waals surface area contributed by atoms with Gasteiger partial charge in [-0.2, -0.15) is 0 Å². The summed E-state index contributed by atoms with van der Waals surface area (Å²) in [6, 6.07) is 6.66. The lowest BCUT2D eigenvalue weighted by atomic mass is 10.3. The Balaban J connectivity index is 1.99. The standard InChI is InChI=1S/C13H8N4O2S/c18-13(19)8-2-1-5-16-12(8)20-10-4-3-9-11(17-10)15-7-6-14-9/h1-7H,(H,18,19). The molecular weight excluding hydrogens is 276 g/mol. The van der Waals surface area contributed by atoms with E-state index in [1.807, 2.05) is 0 Å². The van der Waals surface area contributed by atoms with Crippen LogP contribution in [0.2, 0.25) is 0 Å². The SMILES string of the molecule is O=C(O)c1cccnc1Sc1ccc2nccnc2n1. The minimum atomic E-state index is -1.01. The van der Waals surface area contributed by atoms with Gasteiger partial charge in [0.25, 0.3) is 0 Å². The van der Waals surface area contributed by atoms with Crippen LogP contribution in [0, 0.1) is 0 Å². The third-order valence-corrected chi connectivity index (χ3v) is 3.46. The number of carboxylic acids is 1. The first kappa shape index (κ1) is 12.5. The molecule has 0 unspecified atom stereocenters. The normalized spacial score (nSPS) is 10.6. The highest BCUT2D eigenvalue weighted by atomic mass is 32.2. The lowest BCUT2D eigenvalue weighted by Gasteiger charge is -2.04. The minimum Gasteiger partial charge on any atom is -0.478 e. The average Bonchev–Trinajstić information content (AvgIpc) is 2.47. The van der Waals surface area contributed by atoms with Crippen LogP contribution in [0.1, 0.15) is 10.4 Å². The number of carboxylic acid groups (broad SMARTS) is 1. The van der Waals surface area contributed by atoms with Gasteiger partial charge < -0.3 is 5.11 Å². The van der Waals surface area contributed by atoms with Crippen LogP contribution in [-0.2, 0) is 0 Å². The Labute approximate surface area is 117 Å². The van der Waals surface area contributed by atoms with E-state index in [2.05, 4.69) is 19.9 Å². The number of hydrogen-bond donors (Lipinski definition) is 1. The molecular formula is C13H8N4O2S. The Bertz CT molecular complexity index is 794. The van der Waals surface area contributed by atoms with Crippen LogP contribution < -0.4 is 0 Å². The number of carbonyl (C=O) groups is 1. The summed E-state index contributed by atoms with van der Waals surface area (Å²) in [4.78, 5) is 27.8. The highest BCUT2D eigenvalue weighted by Gasteiger charge is 2.12. The molecule has 0 amide bonds. The highest BCUT2D eigenvalue weighted by Crippen LogP contribution is 2.27. The van der Waals surface area contributed by atoms with Crippen molar-refractivity contribution >= 4 is 28.9 Å². The van der Waals surface area contributed by atoms with E-state index in [0.29, 0.717) is 21.2 Å². The molecule has 6 nitrogen and oxygen atoms in total. The van der Waals surface area contributed by atoms with Gasteiger partial charge in [-0.05, 0) is 36.0 Å². The van der Waals surface area contributed by atoms with E-state index < -0.39 is 5.97 Å². The maximum absolute atomic E-state index is 11.1. The Morgan fingerprint density at radius 1 is 1.05 bits per heavy atom. The Morgan fingerprint density at radius 2 is 1.90 bits per heavy atom. The van der Waals surface area contributed by atoms with Crippen molar-refractivity contribution in [1.29, 1.82) is 0 Å². The summed E-state index contributed by atoms with van der Waals surface area (Å²) >= 11 is 1.19. The third-order valence-electron chi connectivity index (χ3n) is 2.51. The van der Waals surface area contributed by atoms with Gasteiger partial charge in [0, 0.05) is 18.6 Å². The molecule has 0 bridgehead atoms. The van der Waals surface area contributed by atoms with Crippen LogP contribution in [0.3, 0.4) is 0 Å². The maximum Gasteiger partial charge on any atom is 0.338 e. The summed E-state index contributed by atoms with van der Waals surface area (Å²) in [5.74, 6) is -1.01. The van der Waals surface area contributed by atoms with E-state index in [1.165, 1.54) is 17.8 Å². The fourth-order valence-corrected chi connectivity index (χ4v) is 2.47. The second-order valence-corrected chi connectivity index (χ2v) is 4.82. The summed E-state index contributed by atoms with van der Waals surface area (Å²) in [5.41, 5.74) is 1.36. The number of aromatic nitrogens is 4. The van der Waals surface area contributed by atoms with Crippen LogP contribution in [0.25, 0.3) is 11.2 Å². The number of fused-ring (bicyclic) bond motifs is 1. The Hall–Kier alpha value is -2.54. The van der Waals surface area contributed by atoms with Gasteiger partial charge in [-0.1, -0.05) is 0 Å². The van der Waals surface area contributed by atoms with Crippen molar-refractivity contribution in [2.45, 2.75) is 10.1 Å². The molecule has 0 spiro atoms. The molecule has 0 radical (unpaired) electrons. The molecule has 7 heteroatoms. The van der Waals surface area contributed by atoms with Crippen LogP contribution in [0.15, 0.2) is 52.9 Å². The lowest BCUT2D eigenvalue weighted by Crippen LogP contribution is -2.00. The Morgan fingerprint density at radius 3 is 2.75 bits per heavy atom. The molecule has 20 heavy (non-hydrogen) atoms. The molecule has 0 aromatic carbocycles. The van der Waals surface area contributed by atoms with E-state index in [9.17, 15) is 4.79 Å². The molecule has 0 aliphatic carbocycles. The predicted octanol–water partition coefficient (Wildman–Crippen LogP) is 2.27. The van der Waals surface area contributed by atoms with Gasteiger partial charge in [0.2, 0.25) is 0 Å². The minimum absolute atomic E-state index is 0.151. The maximum atomic E-state index is 11.1. The molecule has 0 atom stereocenters. The fourth-order valence-electron chi connectivity index (χ4n) is 1.63. The van der Waals surface area contributed by atoms with E-state index in [0.717, 1.165) is 0 Å². The van der Waals surface area contributed by atoms with Crippen molar-refractivity contribution < 1.29 is 9.90 Å². The van der Waals surface area contributed by atoms with Crippen LogP contribution >= 0.6 is 11.8 Å². The van der Waals surface area contributed by atoms with Gasteiger partial charge in [0.1, 0.15) is 15.6 Å². The van der Waals surface area contributed by atoms with Crippen LogP contribution in [0.4, 0.5) is 0 Å². The fraction of sp³-hybridized carbons (Fsp3) is 0. The number of rotatable bonds is 3. The molecule has 0 aliphatic rings. The molecule has 3 aromatic heterocycles. The second-order valence-electron chi connectivity index (χ2n) is 3.81. The molecule has 98 valence electrons. The molecule has 3 heterocycles. The zero-order chi connectivity index (χ0) is 13.9. The summed E-state index contributed by atoms with van der Waals surface area (Å²) in [5, 5.41) is 10.1. The van der Waals surface area contributed by atoms with E-state index in [-0.39, 0.29) is 5.56 Å². The summed E-state index contributed by atoms with van der Waals surface area (Å²) in [7, 11) is 0. The van der Waals surface area contributed by atoms with Crippen molar-refractivity contribution in [2.24, 2.45) is 0 Å². The van der Waals surface area contributed by atoms with Crippen molar-refractivity contribution in [2.75, 3.05) is 0 Å². The third kappa shape index (κ3) is 2.43. The zero-order valence-corrected chi connectivity index (χ0v) is 10.9. The zero-order valence-electron chi connectivity index (χ0n) is 10.1. The summed E-state index contributed by atoms with van der Waals surface area (Å²) in [6.07, 6.45) is 4.71. The molecule has 0 saturated carbocycles. The smallest absolute Gasteiger partial charge is 0.338 e. The van der Waals surface area contributed by atoms with Gasteiger partial charge in [-0.15, -0.1) is 0 Å². The average molecular weight is 284 g/mol. The van der Waals surface area contributed by atoms with Crippen molar-refractivity contribution in [3.63, 3.8) is 0 Å². The topological polar surface area (TPSA) is 88.9 Å². The highest BCUT2D eigenvalue weighted by molar-refractivity contribution is 7.99. The molecule has 3 aromatic rings. The predicted molar refractivity (Wildman–Crippen MR) is 72.7 cm³/mol. The molecule has 0 fully saturated rings. The summed E-state index contributed by atoms with van der Waals surface area (Å²) in [6.45, 7) is 0. The Kier molecular flexibility index (Phi) is 3.26. The van der Waals surface area contributed by atoms with Crippen molar-refractivity contribution in [3.8, 4) is 0 Å². The van der Waals surface area contributed by atoms with Crippen molar-refractivity contribution in [1.82, 2.24) is 19.9 Å². The number of pyridine rings is 2. The molecule has 1 N–H and O–H groups in total. The molecule has 0 saturated heterocycles. The van der Waals surface area contributed by atoms with Crippen LogP contribution in [-0.4, -0.2) is 31.0 Å². The monoisotopic (exact) mass is 284 g/mol. The van der Waals surface area contributed by atoms with Gasteiger partial charge in [0.05, 0.1) is 5.56 Å². The summed E-state index contributed by atoms with van der Waals surface area (Å²) < 4.78 is 0. The molecule has 3 rings (SSSR count). The lowest BCUT2D eigenvalue weighted by molar-refractivity contribution is 0.0692. The van der Waals surface area contributed by atoms with Crippen molar-refractivity contribution in [3.05, 3.63) is 48.4 Å². The largest absolute Gasteiger partial charge is 0.478 e. The number of hydrogen-bond acceptors (Lipinski definition) is 6. The number of aromatic carboxylic acids is 1. The van der Waals surface area contributed by atoms with Gasteiger partial charge >= 0.3 is 5.97 Å².